The van der Waals surface area contributed by atoms with E-state index in [1.165, 1.54) is 0 Å². The molecule has 0 spiro atoms. The number of halogens is 1. The van der Waals surface area contributed by atoms with Gasteiger partial charge in [-0.2, -0.15) is 0 Å². The van der Waals surface area contributed by atoms with Crippen LogP contribution in [0.1, 0.15) is 19.3 Å². The van der Waals surface area contributed by atoms with E-state index >= 15 is 0 Å². The zero-order valence-electron chi connectivity index (χ0n) is 6.32. The summed E-state index contributed by atoms with van der Waals surface area (Å²) in [4.78, 5) is 10.1. The second kappa shape index (κ2) is 7.78. The van der Waals surface area contributed by atoms with Gasteiger partial charge in [0, 0.05) is 0 Å². The Labute approximate surface area is 72.4 Å². The molecule has 1 atom stereocenters. The van der Waals surface area contributed by atoms with E-state index in [0.29, 0.717) is 13.0 Å². The van der Waals surface area contributed by atoms with E-state index in [-0.39, 0.29) is 12.4 Å². The molecule has 0 aliphatic carbocycles. The maximum Gasteiger partial charge on any atom is 0.320 e. The minimum atomic E-state index is -0.933. The number of aliphatic carboxylic acids is 1. The molecule has 0 saturated carbocycles. The van der Waals surface area contributed by atoms with Crippen molar-refractivity contribution in [1.82, 2.24) is 0 Å². The van der Waals surface area contributed by atoms with E-state index in [1.807, 2.05) is 0 Å². The van der Waals surface area contributed by atoms with Gasteiger partial charge in [0.15, 0.2) is 0 Å². The molecular formula is C6H15ClN2O2. The molecule has 5 N–H and O–H groups in total. The molecule has 0 amide bonds. The molecule has 0 heterocycles. The number of hydrogen-bond donors (Lipinski definition) is 3. The third kappa shape index (κ3) is 7.58. The monoisotopic (exact) mass is 184 g/mol. The molecule has 0 bridgehead atoms. The Bertz CT molecular complexity index is 111. The van der Waals surface area contributed by atoms with E-state index in [4.69, 9.17) is 16.6 Å². The number of carbonyl (C=O) groups is 1. The summed E-state index contributed by atoms with van der Waals surface area (Å²) >= 11 is 0. The predicted molar refractivity (Wildman–Crippen MR) is 45.8 cm³/mol. The highest BCUT2D eigenvalue weighted by molar-refractivity contribution is 5.85. The average molecular weight is 185 g/mol. The Hall–Kier alpha value is -0.320. The van der Waals surface area contributed by atoms with Crippen molar-refractivity contribution in [3.8, 4) is 0 Å². The molecule has 0 aliphatic heterocycles. The topological polar surface area (TPSA) is 89.3 Å². The SMILES string of the molecule is Cl.[15NH2]CCCCC([15NH2])C(=O)O. The van der Waals surface area contributed by atoms with Crippen LogP contribution < -0.4 is 11.5 Å². The van der Waals surface area contributed by atoms with Gasteiger partial charge in [-0.1, -0.05) is 6.42 Å². The standard InChI is InChI=1S/C6H14N2O2.ClH/c7-4-2-1-3-5(8)6(9)10;/h5H,1-4,7-8H2,(H,9,10);1H/i7+1,8+1;. The van der Waals surface area contributed by atoms with Crippen LogP contribution in [-0.4, -0.2) is 23.7 Å². The van der Waals surface area contributed by atoms with Crippen molar-refractivity contribution in [2.75, 3.05) is 6.54 Å². The van der Waals surface area contributed by atoms with Gasteiger partial charge in [0.05, 0.1) is 0 Å². The number of carboxylic acids is 1. The van der Waals surface area contributed by atoms with Gasteiger partial charge in [0.25, 0.3) is 0 Å². The fraction of sp³-hybridized carbons (Fsp3) is 0.833. The summed E-state index contributed by atoms with van der Waals surface area (Å²) in [6.07, 6.45) is 2.16. The summed E-state index contributed by atoms with van der Waals surface area (Å²) in [6, 6.07) is -0.716. The van der Waals surface area contributed by atoms with Crippen molar-refractivity contribution in [2.24, 2.45) is 11.5 Å². The molecule has 0 saturated heterocycles. The fourth-order valence-corrected chi connectivity index (χ4v) is 0.632. The Balaban J connectivity index is 0. The van der Waals surface area contributed by atoms with Crippen LogP contribution in [0.5, 0.6) is 0 Å². The molecule has 11 heavy (non-hydrogen) atoms. The minimum absolute atomic E-state index is 0. The Morgan fingerprint density at radius 2 is 2.00 bits per heavy atom. The lowest BCUT2D eigenvalue weighted by Gasteiger charge is -2.03. The quantitative estimate of drug-likeness (QED) is 0.413. The Kier molecular flexibility index (Phi) is 9.40. The van der Waals surface area contributed by atoms with Crippen molar-refractivity contribution < 1.29 is 9.90 Å². The maximum absolute atomic E-state index is 10.1. The molecule has 0 aliphatic rings. The maximum atomic E-state index is 10.1. The van der Waals surface area contributed by atoms with Crippen LogP contribution in [0.2, 0.25) is 0 Å². The zero-order chi connectivity index (χ0) is 7.98. The first-order valence-corrected chi connectivity index (χ1v) is 3.37. The molecule has 5 heteroatoms. The second-order valence-corrected chi connectivity index (χ2v) is 2.23. The highest BCUT2D eigenvalue weighted by Gasteiger charge is 2.09. The average Bonchev–Trinajstić information content (AvgIpc) is 1.88. The molecule has 4 nitrogen and oxygen atoms in total. The van der Waals surface area contributed by atoms with Gasteiger partial charge in [-0.3, -0.25) is 4.79 Å². The van der Waals surface area contributed by atoms with E-state index in [0.717, 1.165) is 12.8 Å². The van der Waals surface area contributed by atoms with E-state index in [2.05, 4.69) is 0 Å². The molecule has 0 rings (SSSR count). The Morgan fingerprint density at radius 1 is 1.45 bits per heavy atom. The minimum Gasteiger partial charge on any atom is -0.480 e. The Morgan fingerprint density at radius 3 is 2.36 bits per heavy atom. The second-order valence-electron chi connectivity index (χ2n) is 2.23. The van der Waals surface area contributed by atoms with E-state index in [9.17, 15) is 4.79 Å². The van der Waals surface area contributed by atoms with Gasteiger partial charge in [-0.05, 0) is 19.4 Å². The lowest BCUT2D eigenvalue weighted by molar-refractivity contribution is -0.138. The highest BCUT2D eigenvalue weighted by atomic mass is 35.5. The van der Waals surface area contributed by atoms with Crippen LogP contribution in [0.3, 0.4) is 0 Å². The number of unbranched alkanes of at least 4 members (excludes halogenated alkanes) is 1. The summed E-state index contributed by atoms with van der Waals surface area (Å²) in [7, 11) is 0. The van der Waals surface area contributed by atoms with Crippen LogP contribution in [-0.2, 0) is 4.79 Å². The van der Waals surface area contributed by atoms with Gasteiger partial charge in [0.1, 0.15) is 6.04 Å². The molecule has 0 fully saturated rings. The summed E-state index contributed by atoms with van der Waals surface area (Å²) in [5, 5.41) is 8.33. The summed E-state index contributed by atoms with van der Waals surface area (Å²) in [5.41, 5.74) is 10.4. The van der Waals surface area contributed by atoms with Gasteiger partial charge in [-0.15, -0.1) is 12.4 Å². The van der Waals surface area contributed by atoms with E-state index < -0.39 is 12.0 Å². The number of carboxylic acid groups (broad SMARTS) is 1. The van der Waals surface area contributed by atoms with Crippen LogP contribution >= 0.6 is 12.4 Å². The number of hydrogen-bond acceptors (Lipinski definition) is 3. The van der Waals surface area contributed by atoms with Gasteiger partial charge in [-0.25, -0.2) is 0 Å². The smallest absolute Gasteiger partial charge is 0.320 e. The highest BCUT2D eigenvalue weighted by Crippen LogP contribution is 1.96. The third-order valence-corrected chi connectivity index (χ3v) is 1.29. The molecular weight excluding hydrogens is 170 g/mol. The van der Waals surface area contributed by atoms with Crippen molar-refractivity contribution in [2.45, 2.75) is 25.3 Å². The van der Waals surface area contributed by atoms with E-state index in [1.54, 1.807) is 0 Å². The molecule has 0 aromatic carbocycles. The predicted octanol–water partition coefficient (Wildman–Crippen LogP) is -0.0509. The number of nitrogens with two attached hydrogens (primary N) is 2. The largest absolute Gasteiger partial charge is 0.480 e. The van der Waals surface area contributed by atoms with Crippen LogP contribution in [0.25, 0.3) is 0 Å². The molecule has 0 aromatic rings. The summed E-state index contributed by atoms with van der Waals surface area (Å²) in [5.74, 6) is -0.933. The van der Waals surface area contributed by atoms with Crippen molar-refractivity contribution in [3.63, 3.8) is 0 Å². The normalized spacial score (nSPS) is 11.8. The van der Waals surface area contributed by atoms with Gasteiger partial charge < -0.3 is 16.6 Å². The fourth-order valence-electron chi connectivity index (χ4n) is 0.632. The van der Waals surface area contributed by atoms with Crippen LogP contribution in [0, 0.1) is 0 Å². The molecule has 1 unspecified atom stereocenters. The van der Waals surface area contributed by atoms with Crippen LogP contribution in [0.15, 0.2) is 0 Å². The first kappa shape index (κ1) is 13.3. The van der Waals surface area contributed by atoms with Crippen molar-refractivity contribution >= 4 is 18.4 Å². The van der Waals surface area contributed by atoms with Crippen molar-refractivity contribution in [3.05, 3.63) is 0 Å². The lowest BCUT2D eigenvalue weighted by Crippen LogP contribution is -2.29. The summed E-state index contributed by atoms with van der Waals surface area (Å²) < 4.78 is 0. The molecule has 68 valence electrons. The molecule has 0 radical (unpaired) electrons. The zero-order valence-corrected chi connectivity index (χ0v) is 7.14. The van der Waals surface area contributed by atoms with Gasteiger partial charge >= 0.3 is 5.97 Å². The van der Waals surface area contributed by atoms with Crippen molar-refractivity contribution in [1.29, 1.82) is 0 Å². The summed E-state index contributed by atoms with van der Waals surface area (Å²) in [6.45, 7) is 0.604. The van der Waals surface area contributed by atoms with Gasteiger partial charge in [0.2, 0.25) is 0 Å². The van der Waals surface area contributed by atoms with Crippen LogP contribution in [0.4, 0.5) is 0 Å². The molecule has 0 aromatic heterocycles. The first-order valence-electron chi connectivity index (χ1n) is 3.37. The lowest BCUT2D eigenvalue weighted by atomic mass is 10.1. The first-order chi connectivity index (χ1) is 4.68. The third-order valence-electron chi connectivity index (χ3n) is 1.29. The number of rotatable bonds is 5.